The smallest absolute Gasteiger partial charge is 0.320 e. The number of carbonyl (C=O) groups is 1. The summed E-state index contributed by atoms with van der Waals surface area (Å²) in [4.78, 5) is 18.6. The summed E-state index contributed by atoms with van der Waals surface area (Å²) < 4.78 is 11.0. The van der Waals surface area contributed by atoms with Crippen molar-refractivity contribution < 1.29 is 19.4 Å². The average molecular weight is 370 g/mol. The molecule has 3 rings (SSSR count). The van der Waals surface area contributed by atoms with Gasteiger partial charge in [0.15, 0.2) is 0 Å². The average Bonchev–Trinajstić information content (AvgIpc) is 2.69. The van der Waals surface area contributed by atoms with Crippen LogP contribution in [0.15, 0.2) is 36.5 Å². The van der Waals surface area contributed by atoms with Crippen LogP contribution in [0.4, 0.5) is 0 Å². The first-order valence-corrected chi connectivity index (χ1v) is 9.18. The van der Waals surface area contributed by atoms with Gasteiger partial charge in [0.1, 0.15) is 17.5 Å². The number of hydrogen-bond donors (Lipinski definition) is 1. The van der Waals surface area contributed by atoms with Crippen LogP contribution in [0.1, 0.15) is 42.1 Å². The number of carboxylic acids is 1. The lowest BCUT2D eigenvalue weighted by molar-refractivity contribution is -0.145. The van der Waals surface area contributed by atoms with Crippen LogP contribution >= 0.6 is 0 Å². The molecule has 0 spiro atoms. The molecular formula is C21H26N2O4. The molecule has 144 valence electrons. The summed E-state index contributed by atoms with van der Waals surface area (Å²) in [6, 6.07) is 8.70. The largest absolute Gasteiger partial charge is 0.497 e. The number of aliphatic carboxylic acids is 1. The molecule has 1 aromatic carbocycles. The number of aromatic nitrogens is 1. The van der Waals surface area contributed by atoms with Crippen molar-refractivity contribution in [2.24, 2.45) is 0 Å². The minimum absolute atomic E-state index is 0.322. The van der Waals surface area contributed by atoms with Gasteiger partial charge in [0.05, 0.1) is 26.0 Å². The normalized spacial score (nSPS) is 18.7. The Balaban J connectivity index is 2.16. The molecular weight excluding hydrogens is 344 g/mol. The van der Waals surface area contributed by atoms with Gasteiger partial charge in [-0.15, -0.1) is 0 Å². The molecule has 1 N–H and O–H groups in total. The molecule has 27 heavy (non-hydrogen) atoms. The highest BCUT2D eigenvalue weighted by Crippen LogP contribution is 2.39. The molecule has 0 saturated carbocycles. The number of ether oxygens (including phenoxy) is 2. The maximum Gasteiger partial charge on any atom is 0.320 e. The van der Waals surface area contributed by atoms with Crippen molar-refractivity contribution in [1.82, 2.24) is 9.88 Å². The van der Waals surface area contributed by atoms with Crippen molar-refractivity contribution in [2.45, 2.75) is 38.3 Å². The maximum absolute atomic E-state index is 11.9. The molecule has 0 radical (unpaired) electrons. The summed E-state index contributed by atoms with van der Waals surface area (Å²) in [6.07, 6.45) is 4.31. The van der Waals surface area contributed by atoms with Gasteiger partial charge in [0.2, 0.25) is 0 Å². The van der Waals surface area contributed by atoms with Gasteiger partial charge < -0.3 is 14.6 Å². The summed E-state index contributed by atoms with van der Waals surface area (Å²) in [6.45, 7) is 2.68. The second-order valence-corrected chi connectivity index (χ2v) is 6.86. The molecule has 1 fully saturated rings. The molecule has 1 aromatic heterocycles. The van der Waals surface area contributed by atoms with E-state index in [4.69, 9.17) is 9.47 Å². The Labute approximate surface area is 159 Å². The highest BCUT2D eigenvalue weighted by atomic mass is 16.5. The van der Waals surface area contributed by atoms with Crippen LogP contribution in [0.25, 0.3) is 0 Å². The van der Waals surface area contributed by atoms with E-state index in [1.807, 2.05) is 48.4 Å². The second-order valence-electron chi connectivity index (χ2n) is 6.86. The van der Waals surface area contributed by atoms with Gasteiger partial charge >= 0.3 is 5.97 Å². The van der Waals surface area contributed by atoms with Crippen LogP contribution in [0.2, 0.25) is 0 Å². The summed E-state index contributed by atoms with van der Waals surface area (Å²) in [5.41, 5.74) is 2.73. The molecule has 2 aromatic rings. The number of benzene rings is 1. The zero-order valence-corrected chi connectivity index (χ0v) is 16.0. The Kier molecular flexibility index (Phi) is 5.96. The van der Waals surface area contributed by atoms with Crippen molar-refractivity contribution in [3.8, 4) is 11.5 Å². The fourth-order valence-electron chi connectivity index (χ4n) is 3.73. The third-order valence-electron chi connectivity index (χ3n) is 5.11. The van der Waals surface area contributed by atoms with Gasteiger partial charge in [0.25, 0.3) is 0 Å². The van der Waals surface area contributed by atoms with Gasteiger partial charge in [-0.1, -0.05) is 12.5 Å². The van der Waals surface area contributed by atoms with Crippen LogP contribution in [0.5, 0.6) is 11.5 Å². The van der Waals surface area contributed by atoms with Crippen molar-refractivity contribution in [1.29, 1.82) is 0 Å². The van der Waals surface area contributed by atoms with E-state index in [-0.39, 0.29) is 6.04 Å². The standard InChI is InChI=1S/C21H26N2O4/c1-14-7-9-17(22-13-14)20(23-11-5-4-6-18(23)21(24)25)16-12-15(26-2)8-10-19(16)27-3/h7-10,12-13,18,20H,4-6,11H2,1-3H3,(H,24,25). The Morgan fingerprint density at radius 1 is 1.22 bits per heavy atom. The van der Waals surface area contributed by atoms with Gasteiger partial charge in [0, 0.05) is 11.8 Å². The fraction of sp³-hybridized carbons (Fsp3) is 0.429. The van der Waals surface area contributed by atoms with Crippen LogP contribution in [0, 0.1) is 6.92 Å². The van der Waals surface area contributed by atoms with E-state index in [0.717, 1.165) is 29.7 Å². The molecule has 6 nitrogen and oxygen atoms in total. The molecule has 1 aliphatic heterocycles. The number of nitrogens with zero attached hydrogens (tertiary/aromatic N) is 2. The van der Waals surface area contributed by atoms with Crippen molar-refractivity contribution >= 4 is 5.97 Å². The quantitative estimate of drug-likeness (QED) is 0.840. The molecule has 2 heterocycles. The van der Waals surface area contributed by atoms with Crippen LogP contribution in [0.3, 0.4) is 0 Å². The zero-order chi connectivity index (χ0) is 19.4. The van der Waals surface area contributed by atoms with E-state index in [1.54, 1.807) is 14.2 Å². The summed E-state index contributed by atoms with van der Waals surface area (Å²) in [5, 5.41) is 9.80. The van der Waals surface area contributed by atoms with E-state index in [9.17, 15) is 9.90 Å². The summed E-state index contributed by atoms with van der Waals surface area (Å²) in [7, 11) is 3.24. The maximum atomic E-state index is 11.9. The third-order valence-corrected chi connectivity index (χ3v) is 5.11. The third kappa shape index (κ3) is 4.06. The highest BCUT2D eigenvalue weighted by Gasteiger charge is 2.37. The predicted molar refractivity (Wildman–Crippen MR) is 102 cm³/mol. The van der Waals surface area contributed by atoms with Gasteiger partial charge in [-0.3, -0.25) is 14.7 Å². The van der Waals surface area contributed by atoms with Crippen LogP contribution < -0.4 is 9.47 Å². The number of rotatable bonds is 6. The molecule has 1 aliphatic rings. The molecule has 0 amide bonds. The Morgan fingerprint density at radius 2 is 2.04 bits per heavy atom. The van der Waals surface area contributed by atoms with Gasteiger partial charge in [-0.25, -0.2) is 0 Å². The monoisotopic (exact) mass is 370 g/mol. The van der Waals surface area contributed by atoms with Crippen molar-refractivity contribution in [2.75, 3.05) is 20.8 Å². The molecule has 0 aliphatic carbocycles. The number of likely N-dealkylation sites (tertiary alicyclic amines) is 1. The number of piperidine rings is 1. The molecule has 2 atom stereocenters. The van der Waals surface area contributed by atoms with Crippen molar-refractivity contribution in [3.05, 3.63) is 53.3 Å². The molecule has 0 bridgehead atoms. The number of hydrogen-bond acceptors (Lipinski definition) is 5. The molecule has 1 saturated heterocycles. The number of aryl methyl sites for hydroxylation is 1. The zero-order valence-electron chi connectivity index (χ0n) is 16.0. The van der Waals surface area contributed by atoms with Crippen molar-refractivity contribution in [3.63, 3.8) is 0 Å². The topological polar surface area (TPSA) is 71.9 Å². The Morgan fingerprint density at radius 3 is 2.67 bits per heavy atom. The fourth-order valence-corrected chi connectivity index (χ4v) is 3.73. The number of methoxy groups -OCH3 is 2. The van der Waals surface area contributed by atoms with E-state index in [2.05, 4.69) is 4.98 Å². The lowest BCUT2D eigenvalue weighted by Crippen LogP contribution is -2.47. The number of pyridine rings is 1. The minimum Gasteiger partial charge on any atom is -0.497 e. The van der Waals surface area contributed by atoms with E-state index < -0.39 is 12.0 Å². The SMILES string of the molecule is COc1ccc(OC)c(C(c2ccc(C)cn2)N2CCCCC2C(=O)O)c1. The lowest BCUT2D eigenvalue weighted by atomic mass is 9.93. The summed E-state index contributed by atoms with van der Waals surface area (Å²) >= 11 is 0. The van der Waals surface area contributed by atoms with Crippen LogP contribution in [-0.4, -0.2) is 47.8 Å². The van der Waals surface area contributed by atoms with E-state index in [1.165, 1.54) is 0 Å². The van der Waals surface area contributed by atoms with Gasteiger partial charge in [-0.05, 0) is 56.1 Å². The van der Waals surface area contributed by atoms with Crippen LogP contribution in [-0.2, 0) is 4.79 Å². The molecule has 2 unspecified atom stereocenters. The predicted octanol–water partition coefficient (Wildman–Crippen LogP) is 3.44. The highest BCUT2D eigenvalue weighted by molar-refractivity contribution is 5.73. The lowest BCUT2D eigenvalue weighted by Gasteiger charge is -2.39. The number of carboxylic acid groups (broad SMARTS) is 1. The summed E-state index contributed by atoms with van der Waals surface area (Å²) in [5.74, 6) is 0.596. The Bertz CT molecular complexity index is 791. The first kappa shape index (κ1) is 19.2. The molecule has 6 heteroatoms. The first-order chi connectivity index (χ1) is 13.0. The first-order valence-electron chi connectivity index (χ1n) is 9.18. The van der Waals surface area contributed by atoms with Gasteiger partial charge in [-0.2, -0.15) is 0 Å². The van der Waals surface area contributed by atoms with E-state index in [0.29, 0.717) is 24.5 Å². The Hall–Kier alpha value is -2.60. The minimum atomic E-state index is -0.798. The van der Waals surface area contributed by atoms with E-state index >= 15 is 0 Å². The second kappa shape index (κ2) is 8.39.